The lowest BCUT2D eigenvalue weighted by Crippen LogP contribution is -2.33. The zero-order valence-corrected chi connectivity index (χ0v) is 9.17. The molecular formula is C7H14N4O2S. The number of aromatic nitrogens is 3. The first-order valence-corrected chi connectivity index (χ1v) is 5.84. The molecule has 0 saturated carbocycles. The van der Waals surface area contributed by atoms with Crippen molar-refractivity contribution < 1.29 is 8.42 Å². The van der Waals surface area contributed by atoms with Gasteiger partial charge in [-0.25, -0.2) is 18.1 Å². The second kappa shape index (κ2) is 4.05. The molecule has 80 valence electrons. The van der Waals surface area contributed by atoms with Crippen LogP contribution in [0.3, 0.4) is 0 Å². The highest BCUT2D eigenvalue weighted by atomic mass is 32.2. The van der Waals surface area contributed by atoms with Crippen LogP contribution >= 0.6 is 0 Å². The molecule has 0 saturated heterocycles. The number of nitrogens with one attached hydrogen (secondary N) is 2. The van der Waals surface area contributed by atoms with Crippen molar-refractivity contribution in [2.24, 2.45) is 0 Å². The number of nitrogens with zero attached hydrogens (tertiary/aromatic N) is 2. The molecule has 0 radical (unpaired) electrons. The van der Waals surface area contributed by atoms with Gasteiger partial charge in [0.05, 0.1) is 11.3 Å². The van der Waals surface area contributed by atoms with Gasteiger partial charge in [-0.15, -0.1) is 0 Å². The highest BCUT2D eigenvalue weighted by molar-refractivity contribution is 7.90. The molecule has 0 fully saturated rings. The fourth-order valence-electron chi connectivity index (χ4n) is 0.862. The highest BCUT2D eigenvalue weighted by Gasteiger charge is 2.20. The van der Waals surface area contributed by atoms with E-state index >= 15 is 0 Å². The number of hydrogen-bond donors (Lipinski definition) is 2. The predicted molar refractivity (Wildman–Crippen MR) is 52.0 cm³/mol. The minimum Gasteiger partial charge on any atom is -0.262 e. The number of sulfonamides is 1. The van der Waals surface area contributed by atoms with E-state index in [2.05, 4.69) is 19.9 Å². The van der Waals surface area contributed by atoms with E-state index in [4.69, 9.17) is 0 Å². The summed E-state index contributed by atoms with van der Waals surface area (Å²) in [6, 6.07) is -0.384. The maximum Gasteiger partial charge on any atom is 0.214 e. The molecule has 6 nitrogen and oxygen atoms in total. The zero-order valence-electron chi connectivity index (χ0n) is 8.35. The highest BCUT2D eigenvalue weighted by Crippen LogP contribution is 2.08. The van der Waals surface area contributed by atoms with E-state index in [1.165, 1.54) is 6.33 Å². The third-order valence-corrected chi connectivity index (χ3v) is 3.73. The molecule has 0 aliphatic heterocycles. The van der Waals surface area contributed by atoms with Gasteiger partial charge < -0.3 is 0 Å². The van der Waals surface area contributed by atoms with Crippen LogP contribution in [0, 0.1) is 0 Å². The maximum absolute atomic E-state index is 11.5. The Hall–Kier alpha value is -0.950. The summed E-state index contributed by atoms with van der Waals surface area (Å²) in [6.07, 6.45) is 1.34. The van der Waals surface area contributed by atoms with E-state index in [0.29, 0.717) is 5.82 Å². The molecule has 0 aliphatic rings. The normalized spacial score (nSPS) is 14.6. The topological polar surface area (TPSA) is 87.7 Å². The van der Waals surface area contributed by atoms with Gasteiger partial charge >= 0.3 is 0 Å². The molecule has 14 heavy (non-hydrogen) atoms. The minimum atomic E-state index is -3.26. The van der Waals surface area contributed by atoms with Gasteiger partial charge in [-0.2, -0.15) is 5.10 Å². The molecule has 1 heterocycles. The molecule has 1 atom stereocenters. The van der Waals surface area contributed by atoms with Crippen LogP contribution in [-0.4, -0.2) is 28.8 Å². The average molecular weight is 218 g/mol. The van der Waals surface area contributed by atoms with E-state index in [1.54, 1.807) is 20.8 Å². The van der Waals surface area contributed by atoms with Crippen molar-refractivity contribution in [3.63, 3.8) is 0 Å². The van der Waals surface area contributed by atoms with Gasteiger partial charge in [0, 0.05) is 0 Å². The zero-order chi connectivity index (χ0) is 10.8. The fraction of sp³-hybridized carbons (Fsp3) is 0.714. The predicted octanol–water partition coefficient (Wildman–Crippen LogP) is 0.193. The molecule has 1 rings (SSSR count). The van der Waals surface area contributed by atoms with Crippen molar-refractivity contribution in [3.05, 3.63) is 12.2 Å². The number of aromatic amines is 1. The fourth-order valence-corrected chi connectivity index (χ4v) is 1.74. The standard InChI is InChI=1S/C7H14N4O2S/c1-5(2)14(12,13)11-6(3)7-8-4-9-10-7/h4-6,11H,1-3H3,(H,8,9,10). The summed E-state index contributed by atoms with van der Waals surface area (Å²) in [5, 5.41) is 5.81. The van der Waals surface area contributed by atoms with Crippen LogP contribution in [0.5, 0.6) is 0 Å². The molecule has 2 N–H and O–H groups in total. The van der Waals surface area contributed by atoms with E-state index in [-0.39, 0.29) is 6.04 Å². The van der Waals surface area contributed by atoms with Crippen LogP contribution < -0.4 is 4.72 Å². The Morgan fingerprint density at radius 3 is 2.50 bits per heavy atom. The average Bonchev–Trinajstić information content (AvgIpc) is 2.54. The van der Waals surface area contributed by atoms with Crippen LogP contribution in [0.2, 0.25) is 0 Å². The number of rotatable bonds is 4. The Morgan fingerprint density at radius 1 is 1.43 bits per heavy atom. The first-order valence-electron chi connectivity index (χ1n) is 4.30. The summed E-state index contributed by atoms with van der Waals surface area (Å²) in [4.78, 5) is 3.87. The largest absolute Gasteiger partial charge is 0.262 e. The summed E-state index contributed by atoms with van der Waals surface area (Å²) in [7, 11) is -3.26. The third kappa shape index (κ3) is 2.52. The third-order valence-electron chi connectivity index (χ3n) is 1.81. The van der Waals surface area contributed by atoms with Crippen LogP contribution in [0.4, 0.5) is 0 Å². The van der Waals surface area contributed by atoms with Gasteiger partial charge in [-0.05, 0) is 20.8 Å². The maximum atomic E-state index is 11.5. The van der Waals surface area contributed by atoms with E-state index in [0.717, 1.165) is 0 Å². The lowest BCUT2D eigenvalue weighted by atomic mass is 10.3. The molecule has 7 heteroatoms. The summed E-state index contributed by atoms with van der Waals surface area (Å²) >= 11 is 0. The van der Waals surface area contributed by atoms with Gasteiger partial charge in [0.25, 0.3) is 0 Å². The molecular weight excluding hydrogens is 204 g/mol. The monoisotopic (exact) mass is 218 g/mol. The van der Waals surface area contributed by atoms with Gasteiger partial charge in [-0.1, -0.05) is 0 Å². The Kier molecular flexibility index (Phi) is 3.22. The summed E-state index contributed by atoms with van der Waals surface area (Å²) in [6.45, 7) is 4.95. The van der Waals surface area contributed by atoms with E-state index in [1.807, 2.05) is 0 Å². The Morgan fingerprint density at radius 2 is 2.07 bits per heavy atom. The number of H-pyrrole nitrogens is 1. The molecule has 1 aromatic rings. The molecule has 1 unspecified atom stereocenters. The Balaban J connectivity index is 2.71. The quantitative estimate of drug-likeness (QED) is 0.755. The summed E-state index contributed by atoms with van der Waals surface area (Å²) in [5.74, 6) is 0.509. The molecule has 1 aromatic heterocycles. The number of hydrogen-bond acceptors (Lipinski definition) is 4. The van der Waals surface area contributed by atoms with Gasteiger partial charge in [0.2, 0.25) is 10.0 Å². The molecule has 0 aromatic carbocycles. The van der Waals surface area contributed by atoms with E-state index < -0.39 is 15.3 Å². The van der Waals surface area contributed by atoms with Crippen molar-refractivity contribution in [2.45, 2.75) is 32.1 Å². The molecule has 0 spiro atoms. The van der Waals surface area contributed by atoms with Gasteiger partial charge in [-0.3, -0.25) is 5.10 Å². The second-order valence-corrected chi connectivity index (χ2v) is 5.57. The van der Waals surface area contributed by atoms with Crippen LogP contribution in [0.1, 0.15) is 32.6 Å². The van der Waals surface area contributed by atoms with Crippen LogP contribution in [0.15, 0.2) is 6.33 Å². The van der Waals surface area contributed by atoms with Crippen molar-refractivity contribution in [1.82, 2.24) is 19.9 Å². The molecule has 0 aliphatic carbocycles. The smallest absolute Gasteiger partial charge is 0.214 e. The van der Waals surface area contributed by atoms with Crippen LogP contribution in [0.25, 0.3) is 0 Å². The summed E-state index contributed by atoms with van der Waals surface area (Å²) < 4.78 is 25.4. The SMILES string of the molecule is CC(NS(=O)(=O)C(C)C)c1ncn[nH]1. The van der Waals surface area contributed by atoms with Gasteiger partial charge in [0.15, 0.2) is 0 Å². The first-order chi connectivity index (χ1) is 6.43. The second-order valence-electron chi connectivity index (χ2n) is 3.30. The van der Waals surface area contributed by atoms with Crippen molar-refractivity contribution >= 4 is 10.0 Å². The lowest BCUT2D eigenvalue weighted by Gasteiger charge is -2.13. The Labute approximate surface area is 83.2 Å². The lowest BCUT2D eigenvalue weighted by molar-refractivity contribution is 0.552. The molecule has 0 amide bonds. The Bertz CT molecular complexity index is 370. The van der Waals surface area contributed by atoms with Crippen LogP contribution in [-0.2, 0) is 10.0 Å². The summed E-state index contributed by atoms with van der Waals surface area (Å²) in [5.41, 5.74) is 0. The van der Waals surface area contributed by atoms with Crippen molar-refractivity contribution in [3.8, 4) is 0 Å². The van der Waals surface area contributed by atoms with Gasteiger partial charge in [0.1, 0.15) is 12.2 Å². The van der Waals surface area contributed by atoms with Crippen molar-refractivity contribution in [1.29, 1.82) is 0 Å². The van der Waals surface area contributed by atoms with Crippen molar-refractivity contribution in [2.75, 3.05) is 0 Å². The molecule has 0 bridgehead atoms. The minimum absolute atomic E-state index is 0.384. The van der Waals surface area contributed by atoms with E-state index in [9.17, 15) is 8.42 Å². The first kappa shape index (κ1) is 11.1.